The molecule has 5 rings (SSSR count). The molecule has 0 aromatic carbocycles. The molecule has 0 bridgehead atoms. The lowest BCUT2D eigenvalue weighted by molar-refractivity contribution is -0.0449. The number of aromatic nitrogens is 3. The van der Waals surface area contributed by atoms with Crippen molar-refractivity contribution in [3.63, 3.8) is 0 Å². The molecular weight excluding hydrogens is 366 g/mol. The number of fused-ring (bicyclic) bond motifs is 1. The van der Waals surface area contributed by atoms with Crippen molar-refractivity contribution in [2.75, 3.05) is 18.5 Å². The first-order chi connectivity index (χ1) is 14.2. The van der Waals surface area contributed by atoms with E-state index < -0.39 is 0 Å². The molecular formula is C22H31N5O2. The molecule has 7 nitrogen and oxygen atoms in total. The Morgan fingerprint density at radius 2 is 1.93 bits per heavy atom. The van der Waals surface area contributed by atoms with E-state index in [0.717, 1.165) is 73.3 Å². The molecule has 0 unspecified atom stereocenters. The maximum Gasteiger partial charge on any atom is 0.160 e. The number of hydrogen-bond donors (Lipinski definition) is 1. The van der Waals surface area contributed by atoms with E-state index in [4.69, 9.17) is 14.6 Å². The van der Waals surface area contributed by atoms with E-state index in [1.54, 1.807) is 0 Å². The molecule has 1 saturated heterocycles. The Balaban J connectivity index is 1.52. The van der Waals surface area contributed by atoms with Gasteiger partial charge in [0.25, 0.3) is 0 Å². The summed E-state index contributed by atoms with van der Waals surface area (Å²) in [6.45, 7) is 5.88. The highest BCUT2D eigenvalue weighted by atomic mass is 16.7. The number of ether oxygens (including phenoxy) is 1. The number of pyridine rings is 1. The Hall–Kier alpha value is -2.15. The van der Waals surface area contributed by atoms with Gasteiger partial charge in [-0.3, -0.25) is 0 Å². The number of nitrogens with zero attached hydrogens (tertiary/aromatic N) is 4. The van der Waals surface area contributed by atoms with Gasteiger partial charge < -0.3 is 14.9 Å². The second-order valence-corrected chi connectivity index (χ2v) is 9.05. The van der Waals surface area contributed by atoms with Crippen LogP contribution in [0.5, 0.6) is 0 Å². The summed E-state index contributed by atoms with van der Waals surface area (Å²) < 4.78 is 7.54. The second-order valence-electron chi connectivity index (χ2n) is 9.05. The summed E-state index contributed by atoms with van der Waals surface area (Å²) >= 11 is 0. The monoisotopic (exact) mass is 397 g/mol. The topological polar surface area (TPSA) is 73.6 Å². The lowest BCUT2D eigenvalue weighted by atomic mass is 9.81. The molecule has 156 valence electrons. The maximum absolute atomic E-state index is 6.04. The Morgan fingerprint density at radius 1 is 1.14 bits per heavy atom. The molecule has 2 fully saturated rings. The summed E-state index contributed by atoms with van der Waals surface area (Å²) in [7, 11) is 0. The highest BCUT2D eigenvalue weighted by Gasteiger charge is 2.41. The van der Waals surface area contributed by atoms with Gasteiger partial charge in [-0.2, -0.15) is 5.10 Å². The van der Waals surface area contributed by atoms with E-state index >= 15 is 0 Å². The van der Waals surface area contributed by atoms with E-state index in [2.05, 4.69) is 29.4 Å². The Morgan fingerprint density at radius 3 is 2.69 bits per heavy atom. The van der Waals surface area contributed by atoms with Gasteiger partial charge in [-0.1, -0.05) is 11.6 Å². The van der Waals surface area contributed by atoms with E-state index in [1.807, 2.05) is 17.1 Å². The normalized spacial score (nSPS) is 22.2. The molecule has 7 heteroatoms. The van der Waals surface area contributed by atoms with Crippen molar-refractivity contribution in [1.82, 2.24) is 14.8 Å². The minimum Gasteiger partial charge on any atom is -0.389 e. The average molecular weight is 398 g/mol. The molecule has 0 amide bonds. The molecule has 4 heterocycles. The van der Waals surface area contributed by atoms with Crippen molar-refractivity contribution in [3.05, 3.63) is 18.0 Å². The van der Waals surface area contributed by atoms with Gasteiger partial charge in [0.15, 0.2) is 5.65 Å². The van der Waals surface area contributed by atoms with Crippen LogP contribution in [0.15, 0.2) is 17.5 Å². The van der Waals surface area contributed by atoms with Crippen molar-refractivity contribution in [2.45, 2.75) is 82.9 Å². The average Bonchev–Trinajstić information content (AvgIpc) is 3.35. The Labute approximate surface area is 171 Å². The number of hydrogen-bond acceptors (Lipinski definition) is 6. The molecule has 0 radical (unpaired) electrons. The molecule has 2 aromatic rings. The predicted molar refractivity (Wildman–Crippen MR) is 113 cm³/mol. The zero-order chi connectivity index (χ0) is 19.8. The summed E-state index contributed by atoms with van der Waals surface area (Å²) in [5.41, 5.74) is 4.01. The fourth-order valence-electron chi connectivity index (χ4n) is 4.92. The van der Waals surface area contributed by atoms with Crippen molar-refractivity contribution in [2.24, 2.45) is 5.16 Å². The molecule has 1 spiro atoms. The van der Waals surface area contributed by atoms with Gasteiger partial charge >= 0.3 is 0 Å². The largest absolute Gasteiger partial charge is 0.389 e. The molecule has 2 aromatic heterocycles. The number of oxime groups is 1. The van der Waals surface area contributed by atoms with Gasteiger partial charge in [0, 0.05) is 43.5 Å². The van der Waals surface area contributed by atoms with E-state index in [0.29, 0.717) is 6.04 Å². The third-order valence-corrected chi connectivity index (χ3v) is 6.60. The standard InChI is InChI=1S/C22H31N5O2/c1-15(2)27-21-18(14-24-27)20(25-16-6-10-28-11-7-16)17(13-23-21)19-12-22(29-26-19)8-4-3-5-9-22/h13-16H,3-12H2,1-2H3,(H,23,25). The van der Waals surface area contributed by atoms with Crippen molar-refractivity contribution >= 4 is 22.4 Å². The number of anilines is 1. The van der Waals surface area contributed by atoms with Crippen LogP contribution in [0, 0.1) is 0 Å². The SMILES string of the molecule is CC(C)n1ncc2c(NC3CCOCC3)c(C3=NOC4(CCCCC4)C3)cnc21. The van der Waals surface area contributed by atoms with Gasteiger partial charge in [0.05, 0.1) is 23.0 Å². The first-order valence-corrected chi connectivity index (χ1v) is 11.1. The molecule has 1 saturated carbocycles. The molecule has 29 heavy (non-hydrogen) atoms. The lowest BCUT2D eigenvalue weighted by Gasteiger charge is -2.30. The predicted octanol–water partition coefficient (Wildman–Crippen LogP) is 4.43. The third-order valence-electron chi connectivity index (χ3n) is 6.60. The third kappa shape index (κ3) is 3.50. The minimum atomic E-state index is -0.0966. The van der Waals surface area contributed by atoms with Crippen molar-refractivity contribution in [1.29, 1.82) is 0 Å². The van der Waals surface area contributed by atoms with Crippen LogP contribution in [0.3, 0.4) is 0 Å². The van der Waals surface area contributed by atoms with E-state index in [1.165, 1.54) is 19.3 Å². The van der Waals surface area contributed by atoms with Crippen molar-refractivity contribution < 1.29 is 9.57 Å². The van der Waals surface area contributed by atoms with Gasteiger partial charge in [-0.25, -0.2) is 9.67 Å². The van der Waals surface area contributed by atoms with Gasteiger partial charge in [0.1, 0.15) is 5.60 Å². The molecule has 1 aliphatic carbocycles. The summed E-state index contributed by atoms with van der Waals surface area (Å²) in [5, 5.41) is 14.1. The van der Waals surface area contributed by atoms with Gasteiger partial charge in [0.2, 0.25) is 0 Å². The van der Waals surface area contributed by atoms with E-state index in [-0.39, 0.29) is 11.6 Å². The molecule has 0 atom stereocenters. The smallest absolute Gasteiger partial charge is 0.160 e. The first kappa shape index (κ1) is 18.9. The number of rotatable bonds is 4. The summed E-state index contributed by atoms with van der Waals surface area (Å²) in [6, 6.07) is 0.654. The van der Waals surface area contributed by atoms with Crippen molar-refractivity contribution in [3.8, 4) is 0 Å². The minimum absolute atomic E-state index is 0.0966. The summed E-state index contributed by atoms with van der Waals surface area (Å²) in [6.07, 6.45) is 12.8. The van der Waals surface area contributed by atoms with Crippen LogP contribution < -0.4 is 5.32 Å². The van der Waals surface area contributed by atoms with Crippen LogP contribution in [-0.4, -0.2) is 45.3 Å². The van der Waals surface area contributed by atoms with Crippen LogP contribution in [-0.2, 0) is 9.57 Å². The maximum atomic E-state index is 6.04. The second kappa shape index (κ2) is 7.59. The van der Waals surface area contributed by atoms with Crippen LogP contribution in [0.4, 0.5) is 5.69 Å². The summed E-state index contributed by atoms with van der Waals surface area (Å²) in [4.78, 5) is 10.8. The van der Waals surface area contributed by atoms with Gasteiger partial charge in [-0.15, -0.1) is 0 Å². The Kier molecular flexibility index (Phi) is 4.94. The highest BCUT2D eigenvalue weighted by molar-refractivity contribution is 6.10. The fourth-order valence-corrected chi connectivity index (χ4v) is 4.92. The van der Waals surface area contributed by atoms with Gasteiger partial charge in [-0.05, 0) is 52.4 Å². The zero-order valence-corrected chi connectivity index (χ0v) is 17.5. The van der Waals surface area contributed by atoms with Crippen LogP contribution in [0.1, 0.15) is 76.8 Å². The fraction of sp³-hybridized carbons (Fsp3) is 0.682. The Bertz CT molecular complexity index is 907. The first-order valence-electron chi connectivity index (χ1n) is 11.1. The molecule has 1 N–H and O–H groups in total. The number of nitrogens with one attached hydrogen (secondary N) is 1. The highest BCUT2D eigenvalue weighted by Crippen LogP contribution is 2.41. The quantitative estimate of drug-likeness (QED) is 0.826. The molecule has 2 aliphatic heterocycles. The molecule has 3 aliphatic rings. The lowest BCUT2D eigenvalue weighted by Crippen LogP contribution is -2.32. The van der Waals surface area contributed by atoms with Crippen LogP contribution in [0.25, 0.3) is 11.0 Å². The van der Waals surface area contributed by atoms with Crippen LogP contribution in [0.2, 0.25) is 0 Å². The van der Waals surface area contributed by atoms with E-state index in [9.17, 15) is 0 Å². The summed E-state index contributed by atoms with van der Waals surface area (Å²) in [5.74, 6) is 0. The zero-order valence-electron chi connectivity index (χ0n) is 17.5. The van der Waals surface area contributed by atoms with Crippen LogP contribution >= 0.6 is 0 Å².